The van der Waals surface area contributed by atoms with Gasteiger partial charge in [-0.1, -0.05) is 0 Å². The topological polar surface area (TPSA) is 89.0 Å². The molecule has 1 aliphatic carbocycles. The molecule has 0 saturated heterocycles. The van der Waals surface area contributed by atoms with Gasteiger partial charge in [0, 0.05) is 28.7 Å². The molecule has 0 unspecified atom stereocenters. The summed E-state index contributed by atoms with van der Waals surface area (Å²) < 4.78 is 5.98. The molecule has 7 nitrogen and oxygen atoms in total. The fourth-order valence-electron chi connectivity index (χ4n) is 2.12. The van der Waals surface area contributed by atoms with Crippen LogP contribution in [0.5, 0.6) is 5.88 Å². The summed E-state index contributed by atoms with van der Waals surface area (Å²) in [6, 6.07) is 5.15. The number of aromatic nitrogens is 3. The molecule has 3 rings (SSSR count). The molecule has 0 aromatic carbocycles. The highest BCUT2D eigenvalue weighted by Crippen LogP contribution is 2.38. The molecule has 1 aliphatic rings. The molecule has 2 heterocycles. The lowest BCUT2D eigenvalue weighted by Gasteiger charge is -2.10. The van der Waals surface area contributed by atoms with Crippen molar-refractivity contribution in [2.24, 2.45) is 0 Å². The lowest BCUT2D eigenvalue weighted by atomic mass is 10.2. The number of pyridine rings is 1. The van der Waals surface area contributed by atoms with Gasteiger partial charge in [0.05, 0.1) is 12.8 Å². The molecule has 0 bridgehead atoms. The van der Waals surface area contributed by atoms with Gasteiger partial charge in [-0.05, 0) is 47.0 Å². The molecular formula is C15H16BrN5O2. The first-order valence-electron chi connectivity index (χ1n) is 7.22. The number of halogens is 1. The number of carbonyl (C=O) groups is 1. The maximum atomic E-state index is 11.9. The number of methoxy groups -OCH3 is 1. The zero-order valence-electron chi connectivity index (χ0n) is 12.5. The van der Waals surface area contributed by atoms with Gasteiger partial charge in [0.15, 0.2) is 5.82 Å². The van der Waals surface area contributed by atoms with Crippen LogP contribution in [-0.2, 0) is 6.54 Å². The highest BCUT2D eigenvalue weighted by Gasteiger charge is 2.25. The summed E-state index contributed by atoms with van der Waals surface area (Å²) in [5.41, 5.74) is 1.76. The SMILES string of the molecule is COc1ncc(Br)cc1CNC(=O)Nc1ccc(C2CC2)nn1. The number of hydrogen-bond acceptors (Lipinski definition) is 5. The van der Waals surface area contributed by atoms with Crippen LogP contribution in [0.2, 0.25) is 0 Å². The molecule has 2 amide bonds. The van der Waals surface area contributed by atoms with Crippen LogP contribution in [0, 0.1) is 0 Å². The van der Waals surface area contributed by atoms with Gasteiger partial charge >= 0.3 is 6.03 Å². The Bertz CT molecular complexity index is 704. The highest BCUT2D eigenvalue weighted by molar-refractivity contribution is 9.10. The molecule has 8 heteroatoms. The van der Waals surface area contributed by atoms with Crippen LogP contribution in [0.3, 0.4) is 0 Å². The zero-order valence-corrected chi connectivity index (χ0v) is 14.1. The average molecular weight is 378 g/mol. The van der Waals surface area contributed by atoms with Crippen LogP contribution < -0.4 is 15.4 Å². The molecule has 120 valence electrons. The molecule has 1 saturated carbocycles. The molecule has 0 spiro atoms. The molecule has 0 radical (unpaired) electrons. The summed E-state index contributed by atoms with van der Waals surface area (Å²) >= 11 is 3.35. The first kappa shape index (κ1) is 15.7. The maximum Gasteiger partial charge on any atom is 0.320 e. The Morgan fingerprint density at radius 1 is 1.39 bits per heavy atom. The summed E-state index contributed by atoms with van der Waals surface area (Å²) in [7, 11) is 1.54. The number of nitrogens with zero attached hydrogens (tertiary/aromatic N) is 3. The Hall–Kier alpha value is -2.22. The molecule has 1 fully saturated rings. The number of carbonyl (C=O) groups excluding carboxylic acids is 1. The Kier molecular flexibility index (Phi) is 4.71. The van der Waals surface area contributed by atoms with Gasteiger partial charge in [-0.15, -0.1) is 5.10 Å². The number of nitrogens with one attached hydrogen (secondary N) is 2. The van der Waals surface area contributed by atoms with E-state index in [0.29, 0.717) is 17.6 Å². The van der Waals surface area contributed by atoms with E-state index in [2.05, 4.69) is 41.7 Å². The predicted octanol–water partition coefficient (Wildman–Crippen LogP) is 2.84. The maximum absolute atomic E-state index is 11.9. The van der Waals surface area contributed by atoms with Gasteiger partial charge in [-0.3, -0.25) is 5.32 Å². The van der Waals surface area contributed by atoms with Crippen LogP contribution in [0.4, 0.5) is 10.6 Å². The third-order valence-electron chi connectivity index (χ3n) is 3.45. The second kappa shape index (κ2) is 6.91. The van der Waals surface area contributed by atoms with Gasteiger partial charge in [0.25, 0.3) is 0 Å². The minimum atomic E-state index is -0.361. The Labute approximate surface area is 142 Å². The Morgan fingerprint density at radius 2 is 2.22 bits per heavy atom. The van der Waals surface area contributed by atoms with Crippen molar-refractivity contribution in [2.45, 2.75) is 25.3 Å². The second-order valence-corrected chi connectivity index (χ2v) is 6.16. The molecule has 2 aromatic rings. The van der Waals surface area contributed by atoms with E-state index in [4.69, 9.17) is 4.74 Å². The lowest BCUT2D eigenvalue weighted by molar-refractivity contribution is 0.251. The van der Waals surface area contributed by atoms with E-state index in [1.807, 2.05) is 12.1 Å². The summed E-state index contributed by atoms with van der Waals surface area (Å²) in [5, 5.41) is 13.5. The van der Waals surface area contributed by atoms with Crippen molar-refractivity contribution >= 4 is 27.8 Å². The van der Waals surface area contributed by atoms with Crippen molar-refractivity contribution in [3.63, 3.8) is 0 Å². The second-order valence-electron chi connectivity index (χ2n) is 5.25. The van der Waals surface area contributed by atoms with E-state index >= 15 is 0 Å². The first-order chi connectivity index (χ1) is 11.2. The van der Waals surface area contributed by atoms with Gasteiger partial charge in [0.1, 0.15) is 0 Å². The lowest BCUT2D eigenvalue weighted by Crippen LogP contribution is -2.29. The van der Waals surface area contributed by atoms with E-state index in [1.165, 1.54) is 20.0 Å². The molecule has 2 N–H and O–H groups in total. The monoisotopic (exact) mass is 377 g/mol. The quantitative estimate of drug-likeness (QED) is 0.835. The first-order valence-corrected chi connectivity index (χ1v) is 8.02. The number of ether oxygens (including phenoxy) is 1. The van der Waals surface area contributed by atoms with Gasteiger partial charge < -0.3 is 10.1 Å². The number of hydrogen-bond donors (Lipinski definition) is 2. The Morgan fingerprint density at radius 3 is 2.87 bits per heavy atom. The van der Waals surface area contributed by atoms with E-state index in [0.717, 1.165) is 15.7 Å². The summed E-state index contributed by atoms with van der Waals surface area (Å²) in [4.78, 5) is 16.1. The van der Waals surface area contributed by atoms with Gasteiger partial charge in [0.2, 0.25) is 5.88 Å². The number of anilines is 1. The molecule has 2 aromatic heterocycles. The fraction of sp³-hybridized carbons (Fsp3) is 0.333. The van der Waals surface area contributed by atoms with E-state index < -0.39 is 0 Å². The van der Waals surface area contributed by atoms with Crippen molar-refractivity contribution in [3.05, 3.63) is 40.1 Å². The van der Waals surface area contributed by atoms with Crippen molar-refractivity contribution in [3.8, 4) is 5.88 Å². The fourth-order valence-corrected chi connectivity index (χ4v) is 2.50. The number of amides is 2. The van der Waals surface area contributed by atoms with E-state index in [9.17, 15) is 4.79 Å². The van der Waals surface area contributed by atoms with Crippen molar-refractivity contribution < 1.29 is 9.53 Å². The third-order valence-corrected chi connectivity index (χ3v) is 3.88. The summed E-state index contributed by atoms with van der Waals surface area (Å²) in [5.74, 6) is 1.44. The summed E-state index contributed by atoms with van der Waals surface area (Å²) in [6.45, 7) is 0.287. The Balaban J connectivity index is 1.56. The predicted molar refractivity (Wildman–Crippen MR) is 88.4 cm³/mol. The molecule has 23 heavy (non-hydrogen) atoms. The van der Waals surface area contributed by atoms with Crippen LogP contribution in [-0.4, -0.2) is 28.3 Å². The van der Waals surface area contributed by atoms with E-state index in [-0.39, 0.29) is 12.6 Å². The largest absolute Gasteiger partial charge is 0.481 e. The third kappa shape index (κ3) is 4.16. The average Bonchev–Trinajstić information content (AvgIpc) is 3.39. The normalized spacial score (nSPS) is 13.5. The van der Waals surface area contributed by atoms with Crippen molar-refractivity contribution in [1.82, 2.24) is 20.5 Å². The van der Waals surface area contributed by atoms with Crippen LogP contribution >= 0.6 is 15.9 Å². The van der Waals surface area contributed by atoms with Crippen LogP contribution in [0.1, 0.15) is 30.0 Å². The molecule has 0 aliphatic heterocycles. The highest BCUT2D eigenvalue weighted by atomic mass is 79.9. The standard InChI is InChI=1S/C15H16BrN5O2/c1-23-14-10(6-11(16)8-17-14)7-18-15(22)19-13-5-4-12(20-21-13)9-2-3-9/h4-6,8-9H,2-3,7H2,1H3,(H2,18,19,21,22). The van der Waals surface area contributed by atoms with Crippen molar-refractivity contribution in [1.29, 1.82) is 0 Å². The molecular weight excluding hydrogens is 362 g/mol. The van der Waals surface area contributed by atoms with Crippen LogP contribution in [0.15, 0.2) is 28.9 Å². The number of rotatable bonds is 5. The van der Waals surface area contributed by atoms with Crippen LogP contribution in [0.25, 0.3) is 0 Å². The van der Waals surface area contributed by atoms with E-state index in [1.54, 1.807) is 12.3 Å². The minimum Gasteiger partial charge on any atom is -0.481 e. The molecule has 0 atom stereocenters. The van der Waals surface area contributed by atoms with Gasteiger partial charge in [-0.2, -0.15) is 5.10 Å². The smallest absolute Gasteiger partial charge is 0.320 e. The van der Waals surface area contributed by atoms with Gasteiger partial charge in [-0.25, -0.2) is 9.78 Å². The number of urea groups is 1. The minimum absolute atomic E-state index is 0.287. The summed E-state index contributed by atoms with van der Waals surface area (Å²) in [6.07, 6.45) is 3.98. The van der Waals surface area contributed by atoms with Crippen molar-refractivity contribution in [2.75, 3.05) is 12.4 Å². The zero-order chi connectivity index (χ0) is 16.2.